The van der Waals surface area contributed by atoms with Gasteiger partial charge in [-0.3, -0.25) is 9.78 Å². The van der Waals surface area contributed by atoms with Crippen molar-refractivity contribution in [1.82, 2.24) is 19.4 Å². The van der Waals surface area contributed by atoms with Gasteiger partial charge in [-0.2, -0.15) is 14.0 Å². The maximum atomic E-state index is 15.6. The molecule has 0 radical (unpaired) electrons. The Balaban J connectivity index is 1.35. The number of rotatable bonds is 4. The van der Waals surface area contributed by atoms with E-state index in [1.54, 1.807) is 37.1 Å². The lowest BCUT2D eigenvalue weighted by Gasteiger charge is -2.55. The maximum absolute atomic E-state index is 15.6. The summed E-state index contributed by atoms with van der Waals surface area (Å²) in [6, 6.07) is 12.0. The second-order valence-electron chi connectivity index (χ2n) is 11.5. The van der Waals surface area contributed by atoms with E-state index < -0.39 is 35.5 Å². The molecular weight excluding hydrogens is 547 g/mol. The molecule has 4 N–H and O–H groups in total. The number of alkyl halides is 2. The average Bonchev–Trinajstić information content (AvgIpc) is 3.49. The van der Waals surface area contributed by atoms with Crippen LogP contribution in [0.1, 0.15) is 59.3 Å². The number of hydrogen-bond donors (Lipinski definition) is 2. The lowest BCUT2D eigenvalue weighted by molar-refractivity contribution is -0.0507. The van der Waals surface area contributed by atoms with Crippen molar-refractivity contribution in [3.63, 3.8) is 0 Å². The summed E-state index contributed by atoms with van der Waals surface area (Å²) in [5, 5.41) is 9.66. The van der Waals surface area contributed by atoms with E-state index in [0.717, 1.165) is 0 Å². The Hall–Kier alpha value is -4.47. The highest BCUT2D eigenvalue weighted by atomic mass is 19.3. The third-order valence-electron chi connectivity index (χ3n) is 9.35. The molecule has 4 heterocycles. The first kappa shape index (κ1) is 26.4. The summed E-state index contributed by atoms with van der Waals surface area (Å²) in [4.78, 5) is 24.1. The van der Waals surface area contributed by atoms with Crippen LogP contribution in [0.2, 0.25) is 0 Å². The number of hydrogen-bond acceptors (Lipinski definition) is 7. The molecule has 5 atom stereocenters. The predicted octanol–water partition coefficient (Wildman–Crippen LogP) is 4.37. The van der Waals surface area contributed by atoms with Gasteiger partial charge in [-0.05, 0) is 49.2 Å². The van der Waals surface area contributed by atoms with Crippen LogP contribution in [0.15, 0.2) is 48.7 Å². The molecule has 1 aliphatic carbocycles. The van der Waals surface area contributed by atoms with Crippen molar-refractivity contribution >= 4 is 16.9 Å². The molecule has 3 aliphatic rings. The van der Waals surface area contributed by atoms with E-state index in [2.05, 4.69) is 11.1 Å². The molecule has 1 fully saturated rings. The Morgan fingerprint density at radius 2 is 1.98 bits per heavy atom. The molecule has 1 amide bonds. The van der Waals surface area contributed by atoms with Crippen LogP contribution in [-0.2, 0) is 5.54 Å². The van der Waals surface area contributed by atoms with Gasteiger partial charge in [0.05, 0.1) is 45.8 Å². The Bertz CT molecular complexity index is 1850. The van der Waals surface area contributed by atoms with Gasteiger partial charge in [-0.15, -0.1) is 0 Å². The first-order valence-corrected chi connectivity index (χ1v) is 13.5. The zero-order valence-electron chi connectivity index (χ0n) is 22.7. The zero-order valence-corrected chi connectivity index (χ0v) is 22.7. The fourth-order valence-corrected chi connectivity index (χ4v) is 6.98. The van der Waals surface area contributed by atoms with Crippen molar-refractivity contribution in [2.75, 3.05) is 7.05 Å². The third kappa shape index (κ3) is 3.35. The number of imidazole rings is 1. The lowest BCUT2D eigenvalue weighted by Crippen LogP contribution is -2.72. The Labute approximate surface area is 238 Å². The monoisotopic (exact) mass is 573 g/mol. The van der Waals surface area contributed by atoms with Crippen molar-refractivity contribution < 1.29 is 22.7 Å². The van der Waals surface area contributed by atoms with Gasteiger partial charge in [0.2, 0.25) is 0 Å². The Morgan fingerprint density at radius 3 is 2.67 bits per heavy atom. The number of fused-ring (bicyclic) bond motifs is 9. The largest absolute Gasteiger partial charge is 0.434 e. The standard InChI is InChI=1S/C30H26F3N7O2/c1-29(13-34)11-23(35)30(29,36)25-17(31)8-15(12-37-25)14-6-7-18-19(9-14)40-20-10-21(26(40)38-18)39(2)27(41)16-4-3-5-22(24(16)20)42-28(32)33/h3-9,12,20-21,23,28H,10-11,35-36H2,1-2H3/t20-,21-,23?,29?,30?/m1/s1. The number of carbonyl (C=O) groups excluding carboxylic acids is 1. The summed E-state index contributed by atoms with van der Waals surface area (Å²) in [5.74, 6) is -0.397. The topological polar surface area (TPSA) is 136 Å². The van der Waals surface area contributed by atoms with Crippen LogP contribution >= 0.6 is 0 Å². The molecule has 3 unspecified atom stereocenters. The average molecular weight is 574 g/mol. The minimum atomic E-state index is -3.06. The number of aromatic nitrogens is 3. The quantitative estimate of drug-likeness (QED) is 0.370. The first-order chi connectivity index (χ1) is 20.0. The van der Waals surface area contributed by atoms with Gasteiger partial charge < -0.3 is 25.7 Å². The van der Waals surface area contributed by atoms with E-state index in [0.29, 0.717) is 52.0 Å². The maximum Gasteiger partial charge on any atom is 0.387 e. The molecule has 0 spiro atoms. The minimum absolute atomic E-state index is 0.0544. The van der Waals surface area contributed by atoms with Crippen molar-refractivity contribution in [3.05, 3.63) is 77.1 Å². The highest BCUT2D eigenvalue weighted by Gasteiger charge is 2.63. The molecule has 7 rings (SSSR count). The van der Waals surface area contributed by atoms with Crippen molar-refractivity contribution in [1.29, 1.82) is 5.26 Å². The van der Waals surface area contributed by atoms with Crippen molar-refractivity contribution in [2.45, 2.75) is 50.0 Å². The summed E-state index contributed by atoms with van der Waals surface area (Å²) in [6.45, 7) is -1.41. The fraction of sp³-hybridized carbons (Fsp3) is 0.333. The molecule has 4 aromatic rings. The minimum Gasteiger partial charge on any atom is -0.434 e. The molecular formula is C30H26F3N7O2. The summed E-state index contributed by atoms with van der Waals surface area (Å²) in [6.07, 6.45) is 2.27. The molecule has 0 saturated heterocycles. The van der Waals surface area contributed by atoms with Crippen molar-refractivity contribution in [2.24, 2.45) is 16.9 Å². The Kier molecular flexibility index (Phi) is 5.52. The van der Waals surface area contributed by atoms with E-state index >= 15 is 4.39 Å². The molecule has 42 heavy (non-hydrogen) atoms. The van der Waals surface area contributed by atoms with Gasteiger partial charge in [0.15, 0.2) is 0 Å². The number of carbonyl (C=O) groups is 1. The van der Waals surface area contributed by atoms with E-state index in [9.17, 15) is 18.8 Å². The van der Waals surface area contributed by atoms with Crippen LogP contribution in [0.25, 0.3) is 22.2 Å². The number of nitrogens with two attached hydrogens (primary N) is 2. The van der Waals surface area contributed by atoms with Gasteiger partial charge in [-0.25, -0.2) is 9.37 Å². The highest BCUT2D eigenvalue weighted by molar-refractivity contribution is 5.98. The first-order valence-electron chi connectivity index (χ1n) is 13.5. The number of amides is 1. The lowest BCUT2D eigenvalue weighted by atomic mass is 9.52. The van der Waals surface area contributed by atoms with Crippen molar-refractivity contribution in [3.8, 4) is 22.9 Å². The van der Waals surface area contributed by atoms with Crippen LogP contribution in [0, 0.1) is 22.6 Å². The molecule has 12 heteroatoms. The summed E-state index contributed by atoms with van der Waals surface area (Å²) in [5.41, 5.74) is 13.2. The van der Waals surface area contributed by atoms with Crippen LogP contribution in [-0.4, -0.2) is 45.0 Å². The fourth-order valence-electron chi connectivity index (χ4n) is 6.98. The molecule has 214 valence electrons. The van der Waals surface area contributed by atoms with Crippen LogP contribution in [0.3, 0.4) is 0 Å². The SMILES string of the molecule is CN1C(=O)c2cccc(OC(F)F)c2[C@H]2C[C@@H]1c1nc3ccc(-c4cnc(C5(N)C(N)CC5(C)C#N)c(F)c4)cc3n12. The van der Waals surface area contributed by atoms with Crippen LogP contribution in [0.4, 0.5) is 13.2 Å². The van der Waals surface area contributed by atoms with E-state index in [-0.39, 0.29) is 23.4 Å². The number of halogens is 3. The number of pyridine rings is 1. The molecule has 9 nitrogen and oxygen atoms in total. The van der Waals surface area contributed by atoms with E-state index in [4.69, 9.17) is 21.2 Å². The van der Waals surface area contributed by atoms with Gasteiger partial charge in [0.25, 0.3) is 5.91 Å². The molecule has 2 aliphatic heterocycles. The van der Waals surface area contributed by atoms with Gasteiger partial charge in [0, 0.05) is 42.4 Å². The molecule has 2 aromatic heterocycles. The summed E-state index contributed by atoms with van der Waals surface area (Å²) in [7, 11) is 1.67. The smallest absolute Gasteiger partial charge is 0.387 e. The van der Waals surface area contributed by atoms with Crippen LogP contribution in [0.5, 0.6) is 5.75 Å². The van der Waals surface area contributed by atoms with Gasteiger partial charge >= 0.3 is 6.61 Å². The predicted molar refractivity (Wildman–Crippen MR) is 146 cm³/mol. The third-order valence-corrected chi connectivity index (χ3v) is 9.35. The second-order valence-corrected chi connectivity index (χ2v) is 11.5. The summed E-state index contributed by atoms with van der Waals surface area (Å²) >= 11 is 0. The molecule has 2 bridgehead atoms. The van der Waals surface area contributed by atoms with Crippen LogP contribution < -0.4 is 16.2 Å². The van der Waals surface area contributed by atoms with Gasteiger partial charge in [0.1, 0.15) is 17.4 Å². The second kappa shape index (κ2) is 8.77. The number of nitriles is 1. The van der Waals surface area contributed by atoms with Gasteiger partial charge in [-0.1, -0.05) is 12.1 Å². The zero-order chi connectivity index (χ0) is 29.7. The highest BCUT2D eigenvalue weighted by Crippen LogP contribution is 2.53. The Morgan fingerprint density at radius 1 is 1.19 bits per heavy atom. The number of ether oxygens (including phenoxy) is 1. The number of benzene rings is 2. The number of nitrogens with zero attached hydrogens (tertiary/aromatic N) is 5. The molecule has 2 aromatic carbocycles. The van der Waals surface area contributed by atoms with E-state index in [1.807, 2.05) is 10.6 Å². The summed E-state index contributed by atoms with van der Waals surface area (Å²) < 4.78 is 49.1. The van der Waals surface area contributed by atoms with E-state index in [1.165, 1.54) is 24.4 Å². The molecule has 1 saturated carbocycles. The normalized spacial score (nSPS) is 27.8.